The van der Waals surface area contributed by atoms with Gasteiger partial charge in [0.05, 0.1) is 6.54 Å². The molecule has 1 aromatic heterocycles. The second kappa shape index (κ2) is 8.20. The Hall–Kier alpha value is -0.940. The highest BCUT2D eigenvalue weighted by Gasteiger charge is 2.03. The highest BCUT2D eigenvalue weighted by molar-refractivity contribution is 4.83. The van der Waals surface area contributed by atoms with E-state index in [1.54, 1.807) is 6.33 Å². The average Bonchev–Trinajstić information content (AvgIpc) is 2.80. The van der Waals surface area contributed by atoms with Crippen LogP contribution in [0.5, 0.6) is 0 Å². The first-order valence-electron chi connectivity index (χ1n) is 6.61. The second-order valence-corrected chi connectivity index (χ2v) is 4.10. The van der Waals surface area contributed by atoms with Gasteiger partial charge in [0.1, 0.15) is 12.2 Å². The van der Waals surface area contributed by atoms with Crippen LogP contribution in [0.4, 0.5) is 0 Å². The number of rotatable bonds is 9. The van der Waals surface area contributed by atoms with Crippen molar-refractivity contribution in [2.75, 3.05) is 26.2 Å². The fraction of sp³-hybridized carbons (Fsp3) is 0.833. The topological polar surface area (TPSA) is 46.0 Å². The third-order valence-electron chi connectivity index (χ3n) is 2.87. The number of nitrogens with one attached hydrogen (secondary N) is 1. The zero-order valence-corrected chi connectivity index (χ0v) is 11.3. The van der Waals surface area contributed by atoms with Gasteiger partial charge < -0.3 is 10.2 Å². The summed E-state index contributed by atoms with van der Waals surface area (Å²) in [6.07, 6.45) is 2.84. The van der Waals surface area contributed by atoms with E-state index >= 15 is 0 Å². The number of likely N-dealkylation sites (N-methyl/N-ethyl adjacent to an activating group) is 1. The molecule has 5 nitrogen and oxygen atoms in total. The molecular weight excluding hydrogens is 214 g/mol. The second-order valence-electron chi connectivity index (χ2n) is 4.10. The Balaban J connectivity index is 2.19. The van der Waals surface area contributed by atoms with Crippen molar-refractivity contribution in [2.45, 2.75) is 40.3 Å². The van der Waals surface area contributed by atoms with Crippen LogP contribution < -0.4 is 5.32 Å². The maximum Gasteiger partial charge on any atom is 0.140 e. The lowest BCUT2D eigenvalue weighted by Crippen LogP contribution is -2.32. The fourth-order valence-corrected chi connectivity index (χ4v) is 1.87. The molecule has 1 N–H and O–H groups in total. The largest absolute Gasteiger partial charge is 0.309 e. The number of hydrogen-bond acceptors (Lipinski definition) is 4. The van der Waals surface area contributed by atoms with Crippen molar-refractivity contribution in [3.63, 3.8) is 0 Å². The summed E-state index contributed by atoms with van der Waals surface area (Å²) in [5, 5.41) is 7.57. The Bertz CT molecular complexity index is 297. The van der Waals surface area contributed by atoms with Crippen molar-refractivity contribution < 1.29 is 0 Å². The van der Waals surface area contributed by atoms with Crippen molar-refractivity contribution in [3.05, 3.63) is 12.2 Å². The molecule has 0 aliphatic carbocycles. The third-order valence-corrected chi connectivity index (χ3v) is 2.87. The van der Waals surface area contributed by atoms with Crippen LogP contribution in [-0.4, -0.2) is 45.8 Å². The molecular formula is C12H25N5. The van der Waals surface area contributed by atoms with Gasteiger partial charge in [-0.15, -0.1) is 0 Å². The average molecular weight is 239 g/mol. The van der Waals surface area contributed by atoms with Crippen molar-refractivity contribution in [1.29, 1.82) is 0 Å². The van der Waals surface area contributed by atoms with E-state index in [9.17, 15) is 0 Å². The molecule has 0 saturated carbocycles. The highest BCUT2D eigenvalue weighted by Crippen LogP contribution is 1.93. The predicted octanol–water partition coefficient (Wildman–Crippen LogP) is 1.12. The van der Waals surface area contributed by atoms with E-state index < -0.39 is 0 Å². The molecule has 0 radical (unpaired) electrons. The Kier molecular flexibility index (Phi) is 6.81. The zero-order chi connectivity index (χ0) is 12.5. The Morgan fingerprint density at radius 3 is 2.76 bits per heavy atom. The Morgan fingerprint density at radius 2 is 2.12 bits per heavy atom. The van der Waals surface area contributed by atoms with Gasteiger partial charge in [0, 0.05) is 19.6 Å². The third kappa shape index (κ3) is 4.83. The van der Waals surface area contributed by atoms with Gasteiger partial charge in [0.2, 0.25) is 0 Å². The summed E-state index contributed by atoms with van der Waals surface area (Å²) in [6.45, 7) is 12.6. The Morgan fingerprint density at radius 1 is 1.29 bits per heavy atom. The molecule has 0 fully saturated rings. The van der Waals surface area contributed by atoms with Crippen LogP contribution in [0.2, 0.25) is 0 Å². The molecule has 0 aliphatic heterocycles. The first-order valence-corrected chi connectivity index (χ1v) is 6.61. The van der Waals surface area contributed by atoms with Crippen LogP contribution in [0.25, 0.3) is 0 Å². The number of aryl methyl sites for hydroxylation is 1. The van der Waals surface area contributed by atoms with Gasteiger partial charge in [-0.1, -0.05) is 13.8 Å². The highest BCUT2D eigenvalue weighted by atomic mass is 15.3. The summed E-state index contributed by atoms with van der Waals surface area (Å²) in [5.74, 6) is 1.02. The molecule has 17 heavy (non-hydrogen) atoms. The normalized spacial score (nSPS) is 11.3. The molecule has 0 spiro atoms. The van der Waals surface area contributed by atoms with E-state index in [1.807, 2.05) is 4.68 Å². The SMILES string of the molecule is CCCN(CC)CCNCc1ncnn1CC. The zero-order valence-electron chi connectivity index (χ0n) is 11.3. The molecule has 0 bridgehead atoms. The van der Waals surface area contributed by atoms with Crippen LogP contribution in [0, 0.1) is 0 Å². The van der Waals surface area contributed by atoms with Crippen molar-refractivity contribution in [1.82, 2.24) is 25.0 Å². The van der Waals surface area contributed by atoms with E-state index in [4.69, 9.17) is 0 Å². The van der Waals surface area contributed by atoms with E-state index in [-0.39, 0.29) is 0 Å². The molecule has 5 heteroatoms. The lowest BCUT2D eigenvalue weighted by molar-refractivity contribution is 0.287. The maximum atomic E-state index is 4.24. The van der Waals surface area contributed by atoms with Gasteiger partial charge >= 0.3 is 0 Å². The molecule has 0 aliphatic rings. The number of hydrogen-bond donors (Lipinski definition) is 1. The standard InChI is InChI=1S/C12H25N5/c1-4-8-16(5-2)9-7-13-10-12-14-11-15-17(12)6-3/h11,13H,4-10H2,1-3H3. The first-order chi connectivity index (χ1) is 8.31. The van der Waals surface area contributed by atoms with Crippen LogP contribution >= 0.6 is 0 Å². The molecule has 0 amide bonds. The number of aromatic nitrogens is 3. The molecule has 98 valence electrons. The molecule has 1 rings (SSSR count). The smallest absolute Gasteiger partial charge is 0.140 e. The van der Waals surface area contributed by atoms with Crippen LogP contribution in [0.1, 0.15) is 33.0 Å². The van der Waals surface area contributed by atoms with Gasteiger partial charge in [-0.2, -0.15) is 5.10 Å². The maximum absolute atomic E-state index is 4.24. The molecule has 0 unspecified atom stereocenters. The lowest BCUT2D eigenvalue weighted by Gasteiger charge is -2.19. The fourth-order valence-electron chi connectivity index (χ4n) is 1.87. The van der Waals surface area contributed by atoms with Gasteiger partial charge in [0.25, 0.3) is 0 Å². The van der Waals surface area contributed by atoms with E-state index in [2.05, 4.69) is 41.1 Å². The predicted molar refractivity (Wildman–Crippen MR) is 69.8 cm³/mol. The molecule has 0 atom stereocenters. The Labute approximate surface area is 104 Å². The molecule has 1 aromatic rings. The summed E-state index contributed by atoms with van der Waals surface area (Å²) in [4.78, 5) is 6.69. The summed E-state index contributed by atoms with van der Waals surface area (Å²) < 4.78 is 1.93. The lowest BCUT2D eigenvalue weighted by atomic mass is 10.4. The van der Waals surface area contributed by atoms with E-state index in [1.165, 1.54) is 13.0 Å². The van der Waals surface area contributed by atoms with Gasteiger partial charge in [-0.25, -0.2) is 9.67 Å². The molecule has 1 heterocycles. The van der Waals surface area contributed by atoms with Gasteiger partial charge in [-0.3, -0.25) is 0 Å². The van der Waals surface area contributed by atoms with Crippen molar-refractivity contribution in [2.24, 2.45) is 0 Å². The summed E-state index contributed by atoms with van der Waals surface area (Å²) >= 11 is 0. The van der Waals surface area contributed by atoms with Crippen molar-refractivity contribution in [3.8, 4) is 0 Å². The molecule has 0 aromatic carbocycles. The van der Waals surface area contributed by atoms with E-state index in [0.717, 1.165) is 38.5 Å². The van der Waals surface area contributed by atoms with Crippen LogP contribution in [0.15, 0.2) is 6.33 Å². The minimum Gasteiger partial charge on any atom is -0.309 e. The minimum atomic E-state index is 0.803. The monoisotopic (exact) mass is 239 g/mol. The first kappa shape index (κ1) is 14.1. The van der Waals surface area contributed by atoms with E-state index in [0.29, 0.717) is 0 Å². The van der Waals surface area contributed by atoms with Gasteiger partial charge in [-0.05, 0) is 26.4 Å². The summed E-state index contributed by atoms with van der Waals surface area (Å²) in [5.41, 5.74) is 0. The molecule has 0 saturated heterocycles. The minimum absolute atomic E-state index is 0.803. The van der Waals surface area contributed by atoms with Crippen LogP contribution in [0.3, 0.4) is 0 Å². The number of nitrogens with zero attached hydrogens (tertiary/aromatic N) is 4. The quantitative estimate of drug-likeness (QED) is 0.656. The van der Waals surface area contributed by atoms with Gasteiger partial charge in [0.15, 0.2) is 0 Å². The summed E-state index contributed by atoms with van der Waals surface area (Å²) in [7, 11) is 0. The summed E-state index contributed by atoms with van der Waals surface area (Å²) in [6, 6.07) is 0. The van der Waals surface area contributed by atoms with Crippen molar-refractivity contribution >= 4 is 0 Å². The van der Waals surface area contributed by atoms with Crippen LogP contribution in [-0.2, 0) is 13.1 Å².